The summed E-state index contributed by atoms with van der Waals surface area (Å²) >= 11 is 0. The maximum Gasteiger partial charge on any atom is 0.191 e. The molecule has 1 aliphatic heterocycles. The summed E-state index contributed by atoms with van der Waals surface area (Å²) in [4.78, 5) is 7.19. The Kier molecular flexibility index (Phi) is 7.89. The first-order valence-corrected chi connectivity index (χ1v) is 10.2. The van der Waals surface area contributed by atoms with E-state index in [9.17, 15) is 0 Å². The molecule has 0 spiro atoms. The van der Waals surface area contributed by atoms with Crippen molar-refractivity contribution in [1.29, 1.82) is 0 Å². The third kappa shape index (κ3) is 5.95. The number of rotatable bonds is 8. The van der Waals surface area contributed by atoms with Gasteiger partial charge in [-0.2, -0.15) is 5.10 Å². The minimum atomic E-state index is 0.227. The Hall–Kier alpha value is -2.58. The zero-order valence-corrected chi connectivity index (χ0v) is 17.6. The number of aliphatic imine (C=N–C) groups is 1. The van der Waals surface area contributed by atoms with Gasteiger partial charge in [-0.15, -0.1) is 0 Å². The Morgan fingerprint density at radius 2 is 1.97 bits per heavy atom. The van der Waals surface area contributed by atoms with Crippen LogP contribution in [0.3, 0.4) is 0 Å². The highest BCUT2D eigenvalue weighted by molar-refractivity contribution is 5.79. The Balaban J connectivity index is 1.71. The molecule has 8 nitrogen and oxygen atoms in total. The molecular formula is C21H32N6O2. The molecule has 3 rings (SSSR count). The zero-order chi connectivity index (χ0) is 20.5. The highest BCUT2D eigenvalue weighted by atomic mass is 16.5. The number of hydrogen-bond donors (Lipinski definition) is 2. The van der Waals surface area contributed by atoms with Crippen molar-refractivity contribution in [1.82, 2.24) is 25.3 Å². The lowest BCUT2D eigenvalue weighted by atomic mass is 10.0. The van der Waals surface area contributed by atoms with E-state index in [4.69, 9.17) is 14.5 Å². The fraction of sp³-hybridized carbons (Fsp3) is 0.524. The predicted molar refractivity (Wildman–Crippen MR) is 114 cm³/mol. The standard InChI is InChI=1S/C21H32N6O2/c1-4-22-21(23-15-18-9-10-25-26(18)2)24-16-20(27-11-13-29-14-12-27)17-5-7-19(28-3)8-6-17/h5-10,20H,4,11-16H2,1-3H3,(H2,22,23,24). The molecule has 158 valence electrons. The minimum absolute atomic E-state index is 0.227. The van der Waals surface area contributed by atoms with Gasteiger partial charge >= 0.3 is 0 Å². The van der Waals surface area contributed by atoms with Gasteiger partial charge in [0.15, 0.2) is 5.96 Å². The first kappa shape index (κ1) is 21.1. The van der Waals surface area contributed by atoms with Crippen LogP contribution < -0.4 is 15.4 Å². The monoisotopic (exact) mass is 400 g/mol. The van der Waals surface area contributed by atoms with Crippen LogP contribution in [0.5, 0.6) is 5.75 Å². The minimum Gasteiger partial charge on any atom is -0.497 e. The largest absolute Gasteiger partial charge is 0.497 e. The summed E-state index contributed by atoms with van der Waals surface area (Å²) in [6.45, 7) is 7.58. The molecule has 0 bridgehead atoms. The summed E-state index contributed by atoms with van der Waals surface area (Å²) in [5.74, 6) is 1.67. The second-order valence-corrected chi connectivity index (χ2v) is 6.96. The third-order valence-electron chi connectivity index (χ3n) is 5.12. The second kappa shape index (κ2) is 10.8. The summed E-state index contributed by atoms with van der Waals surface area (Å²) in [6, 6.07) is 10.5. The molecule has 1 unspecified atom stereocenters. The van der Waals surface area contributed by atoms with Crippen molar-refractivity contribution in [3.8, 4) is 5.75 Å². The van der Waals surface area contributed by atoms with E-state index in [1.807, 2.05) is 29.9 Å². The molecule has 0 aliphatic carbocycles. The van der Waals surface area contributed by atoms with Crippen LogP contribution in [0, 0.1) is 0 Å². The maximum atomic E-state index is 5.55. The lowest BCUT2D eigenvalue weighted by molar-refractivity contribution is 0.0170. The fourth-order valence-corrected chi connectivity index (χ4v) is 3.42. The summed E-state index contributed by atoms with van der Waals surface area (Å²) in [5.41, 5.74) is 2.32. The van der Waals surface area contributed by atoms with E-state index in [1.165, 1.54) is 5.56 Å². The normalized spacial score (nSPS) is 16.4. The lowest BCUT2D eigenvalue weighted by Gasteiger charge is -2.35. The molecule has 0 amide bonds. The van der Waals surface area contributed by atoms with Crippen LogP contribution in [0.1, 0.15) is 24.2 Å². The van der Waals surface area contributed by atoms with Gasteiger partial charge in [0.1, 0.15) is 5.75 Å². The van der Waals surface area contributed by atoms with E-state index < -0.39 is 0 Å². The molecule has 1 atom stereocenters. The smallest absolute Gasteiger partial charge is 0.191 e. The Morgan fingerprint density at radius 3 is 2.59 bits per heavy atom. The van der Waals surface area contributed by atoms with Crippen molar-refractivity contribution in [3.63, 3.8) is 0 Å². The van der Waals surface area contributed by atoms with Crippen LogP contribution >= 0.6 is 0 Å². The molecule has 2 aromatic rings. The summed E-state index contributed by atoms with van der Waals surface area (Å²) in [7, 11) is 3.63. The van der Waals surface area contributed by atoms with Crippen molar-refractivity contribution in [2.45, 2.75) is 19.5 Å². The summed E-state index contributed by atoms with van der Waals surface area (Å²) < 4.78 is 12.7. The van der Waals surface area contributed by atoms with Crippen LogP contribution in [0.25, 0.3) is 0 Å². The highest BCUT2D eigenvalue weighted by Gasteiger charge is 2.23. The van der Waals surface area contributed by atoms with Crippen molar-refractivity contribution < 1.29 is 9.47 Å². The highest BCUT2D eigenvalue weighted by Crippen LogP contribution is 2.23. The van der Waals surface area contributed by atoms with Crippen molar-refractivity contribution in [3.05, 3.63) is 47.8 Å². The van der Waals surface area contributed by atoms with E-state index >= 15 is 0 Å². The summed E-state index contributed by atoms with van der Waals surface area (Å²) in [6.07, 6.45) is 1.79. The van der Waals surface area contributed by atoms with Gasteiger partial charge in [0, 0.05) is 39.4 Å². The van der Waals surface area contributed by atoms with Gasteiger partial charge in [-0.05, 0) is 30.7 Å². The average molecular weight is 401 g/mol. The molecule has 0 saturated carbocycles. The molecule has 1 aromatic heterocycles. The second-order valence-electron chi connectivity index (χ2n) is 6.96. The van der Waals surface area contributed by atoms with Gasteiger partial charge in [0.2, 0.25) is 0 Å². The van der Waals surface area contributed by atoms with Gasteiger partial charge in [0.25, 0.3) is 0 Å². The number of ether oxygens (including phenoxy) is 2. The van der Waals surface area contributed by atoms with Crippen LogP contribution in [-0.4, -0.2) is 67.1 Å². The number of nitrogens with zero attached hydrogens (tertiary/aromatic N) is 4. The van der Waals surface area contributed by atoms with Gasteiger partial charge in [0.05, 0.1) is 38.6 Å². The van der Waals surface area contributed by atoms with E-state index in [0.29, 0.717) is 6.54 Å². The average Bonchev–Trinajstić information content (AvgIpc) is 3.18. The first-order valence-electron chi connectivity index (χ1n) is 10.2. The van der Waals surface area contributed by atoms with Gasteiger partial charge < -0.3 is 20.1 Å². The number of hydrogen-bond acceptors (Lipinski definition) is 5. The van der Waals surface area contributed by atoms with Crippen molar-refractivity contribution in [2.24, 2.45) is 12.0 Å². The van der Waals surface area contributed by atoms with Gasteiger partial charge in [-0.3, -0.25) is 9.58 Å². The zero-order valence-electron chi connectivity index (χ0n) is 17.6. The maximum absolute atomic E-state index is 5.55. The molecule has 1 aromatic carbocycles. The van der Waals surface area contributed by atoms with Crippen LogP contribution in [0.4, 0.5) is 0 Å². The summed E-state index contributed by atoms with van der Waals surface area (Å²) in [5, 5.41) is 11.1. The third-order valence-corrected chi connectivity index (χ3v) is 5.12. The van der Waals surface area contributed by atoms with E-state index in [2.05, 4.69) is 39.7 Å². The number of methoxy groups -OCH3 is 1. The van der Waals surface area contributed by atoms with Gasteiger partial charge in [-0.1, -0.05) is 12.1 Å². The van der Waals surface area contributed by atoms with Crippen molar-refractivity contribution in [2.75, 3.05) is 46.5 Å². The molecule has 8 heteroatoms. The molecule has 29 heavy (non-hydrogen) atoms. The van der Waals surface area contributed by atoms with Crippen LogP contribution in [0.2, 0.25) is 0 Å². The SMILES string of the molecule is CCNC(=NCc1ccnn1C)NCC(c1ccc(OC)cc1)N1CCOCC1. The van der Waals surface area contributed by atoms with Crippen LogP contribution in [0.15, 0.2) is 41.5 Å². The molecule has 1 saturated heterocycles. The molecule has 2 N–H and O–H groups in total. The number of guanidine groups is 1. The quantitative estimate of drug-likeness (QED) is 0.517. The Labute approximate surface area is 172 Å². The Bertz CT molecular complexity index is 768. The first-order chi connectivity index (χ1) is 14.2. The van der Waals surface area contributed by atoms with E-state index in [0.717, 1.165) is 56.8 Å². The number of aromatic nitrogens is 2. The number of benzene rings is 1. The number of nitrogens with one attached hydrogen (secondary N) is 2. The van der Waals surface area contributed by atoms with E-state index in [1.54, 1.807) is 13.3 Å². The molecule has 0 radical (unpaired) electrons. The molecule has 1 aliphatic rings. The predicted octanol–water partition coefficient (Wildman–Crippen LogP) is 1.56. The van der Waals surface area contributed by atoms with E-state index in [-0.39, 0.29) is 6.04 Å². The van der Waals surface area contributed by atoms with Crippen molar-refractivity contribution >= 4 is 5.96 Å². The number of aryl methyl sites for hydroxylation is 1. The molecular weight excluding hydrogens is 368 g/mol. The number of morpholine rings is 1. The fourth-order valence-electron chi connectivity index (χ4n) is 3.42. The van der Waals surface area contributed by atoms with Crippen LogP contribution in [-0.2, 0) is 18.3 Å². The Morgan fingerprint density at radius 1 is 1.21 bits per heavy atom. The lowest BCUT2D eigenvalue weighted by Crippen LogP contribution is -2.46. The molecule has 1 fully saturated rings. The molecule has 2 heterocycles. The topological polar surface area (TPSA) is 75.9 Å². The van der Waals surface area contributed by atoms with Gasteiger partial charge in [-0.25, -0.2) is 4.99 Å².